The van der Waals surface area contributed by atoms with Crippen molar-refractivity contribution in [3.8, 4) is 0 Å². The highest BCUT2D eigenvalue weighted by Gasteiger charge is 2.31. The van der Waals surface area contributed by atoms with Crippen molar-refractivity contribution in [2.45, 2.75) is 13.0 Å². The molecular weight excluding hydrogens is 304 g/mol. The van der Waals surface area contributed by atoms with Gasteiger partial charge in [-0.25, -0.2) is 8.42 Å². The molecule has 7 heteroatoms. The Morgan fingerprint density at radius 1 is 1.18 bits per heavy atom. The minimum absolute atomic E-state index is 0.0889. The highest BCUT2D eigenvalue weighted by molar-refractivity contribution is 7.89. The fraction of sp³-hybridized carbons (Fsp3) is 0.533. The number of ether oxygens (including phenoxy) is 1. The smallest absolute Gasteiger partial charge is 0.256 e. The van der Waals surface area contributed by atoms with Gasteiger partial charge in [0, 0.05) is 33.3 Å². The molecule has 122 valence electrons. The summed E-state index contributed by atoms with van der Waals surface area (Å²) in [6, 6.07) is 9.31. The lowest BCUT2D eigenvalue weighted by molar-refractivity contribution is -0.143. The quantitative estimate of drug-likeness (QED) is 0.805. The molecule has 0 N–H and O–H groups in total. The maximum Gasteiger partial charge on any atom is 0.256 e. The van der Waals surface area contributed by atoms with Crippen LogP contribution in [0.3, 0.4) is 0 Å². The Bertz CT molecular complexity index is 595. The van der Waals surface area contributed by atoms with Crippen molar-refractivity contribution in [1.82, 2.24) is 9.21 Å². The van der Waals surface area contributed by atoms with Crippen LogP contribution >= 0.6 is 0 Å². The highest BCUT2D eigenvalue weighted by Crippen LogP contribution is 2.20. The summed E-state index contributed by atoms with van der Waals surface area (Å²) in [6.45, 7) is 3.10. The topological polar surface area (TPSA) is 66.9 Å². The van der Waals surface area contributed by atoms with E-state index in [-0.39, 0.29) is 11.7 Å². The lowest BCUT2D eigenvalue weighted by Crippen LogP contribution is -2.52. The van der Waals surface area contributed by atoms with Gasteiger partial charge in [0.05, 0.1) is 5.75 Å². The van der Waals surface area contributed by atoms with Gasteiger partial charge in [-0.2, -0.15) is 4.31 Å². The molecule has 1 saturated heterocycles. The molecule has 0 spiro atoms. The molecule has 0 bridgehead atoms. The van der Waals surface area contributed by atoms with E-state index < -0.39 is 16.1 Å². The molecule has 6 nitrogen and oxygen atoms in total. The molecule has 2 rings (SSSR count). The highest BCUT2D eigenvalue weighted by atomic mass is 32.2. The van der Waals surface area contributed by atoms with Crippen LogP contribution in [0.25, 0.3) is 0 Å². The normalized spacial score (nSPS) is 18.2. The molecule has 1 aromatic carbocycles. The molecule has 1 unspecified atom stereocenters. The molecule has 1 heterocycles. The summed E-state index contributed by atoms with van der Waals surface area (Å²) >= 11 is 0. The maximum atomic E-state index is 12.6. The van der Waals surface area contributed by atoms with Gasteiger partial charge in [-0.15, -0.1) is 0 Å². The first kappa shape index (κ1) is 16.9. The number of amides is 1. The average molecular weight is 326 g/mol. The molecule has 1 atom stereocenters. The van der Waals surface area contributed by atoms with E-state index in [4.69, 9.17) is 4.74 Å². The molecule has 0 radical (unpaired) electrons. The van der Waals surface area contributed by atoms with Crippen LogP contribution in [0.2, 0.25) is 0 Å². The molecule has 1 aliphatic heterocycles. The largest absolute Gasteiger partial charge is 0.367 e. The van der Waals surface area contributed by atoms with Gasteiger partial charge in [-0.3, -0.25) is 4.79 Å². The zero-order chi connectivity index (χ0) is 16.2. The predicted octanol–water partition coefficient (Wildman–Crippen LogP) is 0.868. The number of benzene rings is 1. The molecule has 0 aromatic heterocycles. The fourth-order valence-corrected chi connectivity index (χ4v) is 3.63. The van der Waals surface area contributed by atoms with Crippen molar-refractivity contribution in [3.05, 3.63) is 35.9 Å². The molecule has 0 aliphatic carbocycles. The first-order valence-electron chi connectivity index (χ1n) is 7.34. The van der Waals surface area contributed by atoms with Gasteiger partial charge in [0.25, 0.3) is 5.91 Å². The molecule has 1 aliphatic rings. The summed E-state index contributed by atoms with van der Waals surface area (Å²) in [6.07, 6.45) is -0.643. The first-order valence-corrected chi connectivity index (χ1v) is 8.95. The van der Waals surface area contributed by atoms with Crippen molar-refractivity contribution in [3.63, 3.8) is 0 Å². The Kier molecular flexibility index (Phi) is 5.55. The van der Waals surface area contributed by atoms with E-state index in [2.05, 4.69) is 0 Å². The zero-order valence-electron chi connectivity index (χ0n) is 12.9. The maximum absolute atomic E-state index is 12.6. The number of rotatable bonds is 5. The Morgan fingerprint density at radius 2 is 1.77 bits per heavy atom. The van der Waals surface area contributed by atoms with Crippen LogP contribution in [0.5, 0.6) is 0 Å². The van der Waals surface area contributed by atoms with Crippen LogP contribution in [0, 0.1) is 0 Å². The van der Waals surface area contributed by atoms with Crippen LogP contribution in [0.4, 0.5) is 0 Å². The average Bonchev–Trinajstić information content (AvgIpc) is 2.56. The number of carbonyl (C=O) groups is 1. The molecular formula is C15H22N2O4S. The summed E-state index contributed by atoms with van der Waals surface area (Å²) in [5, 5.41) is 0. The molecule has 0 saturated carbocycles. The number of nitrogens with zero attached hydrogens (tertiary/aromatic N) is 2. The summed E-state index contributed by atoms with van der Waals surface area (Å²) < 4.78 is 30.5. The Balaban J connectivity index is 2.03. The second-order valence-corrected chi connectivity index (χ2v) is 7.41. The number of hydrogen-bond acceptors (Lipinski definition) is 4. The standard InChI is InChI=1S/C15H22N2O4S/c1-3-22(19,20)17-11-9-16(10-12-17)15(18)14(21-2)13-7-5-4-6-8-13/h4-8,14H,3,9-12H2,1-2H3. The van der Waals surface area contributed by atoms with Gasteiger partial charge in [-0.05, 0) is 12.5 Å². The number of carbonyl (C=O) groups excluding carboxylic acids is 1. The van der Waals surface area contributed by atoms with E-state index in [9.17, 15) is 13.2 Å². The van der Waals surface area contributed by atoms with E-state index in [0.717, 1.165) is 5.56 Å². The lowest BCUT2D eigenvalue weighted by Gasteiger charge is -2.35. The third kappa shape index (κ3) is 3.66. The summed E-state index contributed by atoms with van der Waals surface area (Å²) in [5.41, 5.74) is 0.804. The number of methoxy groups -OCH3 is 1. The van der Waals surface area contributed by atoms with Gasteiger partial charge < -0.3 is 9.64 Å². The van der Waals surface area contributed by atoms with E-state index in [0.29, 0.717) is 26.2 Å². The Hall–Kier alpha value is -1.44. The van der Waals surface area contributed by atoms with Crippen molar-refractivity contribution in [1.29, 1.82) is 0 Å². The first-order chi connectivity index (χ1) is 10.5. The fourth-order valence-electron chi connectivity index (χ4n) is 2.54. The van der Waals surface area contributed by atoms with E-state index in [1.165, 1.54) is 11.4 Å². The van der Waals surface area contributed by atoms with Gasteiger partial charge >= 0.3 is 0 Å². The monoisotopic (exact) mass is 326 g/mol. The van der Waals surface area contributed by atoms with E-state index >= 15 is 0 Å². The van der Waals surface area contributed by atoms with E-state index in [1.54, 1.807) is 11.8 Å². The van der Waals surface area contributed by atoms with Crippen LogP contribution in [0.15, 0.2) is 30.3 Å². The van der Waals surface area contributed by atoms with Crippen LogP contribution in [-0.2, 0) is 19.6 Å². The molecule has 22 heavy (non-hydrogen) atoms. The van der Waals surface area contributed by atoms with Crippen LogP contribution in [0.1, 0.15) is 18.6 Å². The third-order valence-electron chi connectivity index (χ3n) is 3.87. The second kappa shape index (κ2) is 7.21. The SMILES string of the molecule is CCS(=O)(=O)N1CCN(C(=O)C(OC)c2ccccc2)CC1. The van der Waals surface area contributed by atoms with Crippen LogP contribution in [-0.4, -0.2) is 62.6 Å². The minimum atomic E-state index is -3.18. The second-order valence-electron chi connectivity index (χ2n) is 5.15. The number of hydrogen-bond donors (Lipinski definition) is 0. The number of sulfonamides is 1. The van der Waals surface area contributed by atoms with Gasteiger partial charge in [-0.1, -0.05) is 30.3 Å². The van der Waals surface area contributed by atoms with Gasteiger partial charge in [0.2, 0.25) is 10.0 Å². The zero-order valence-corrected chi connectivity index (χ0v) is 13.8. The summed E-state index contributed by atoms with van der Waals surface area (Å²) in [5.74, 6) is -0.0340. The van der Waals surface area contributed by atoms with Gasteiger partial charge in [0.1, 0.15) is 0 Å². The molecule has 1 fully saturated rings. The molecule has 1 aromatic rings. The molecule has 1 amide bonds. The van der Waals surface area contributed by atoms with Crippen molar-refractivity contribution in [2.24, 2.45) is 0 Å². The van der Waals surface area contributed by atoms with Crippen LogP contribution < -0.4 is 0 Å². The Labute approximate surface area is 131 Å². The Morgan fingerprint density at radius 3 is 2.27 bits per heavy atom. The lowest BCUT2D eigenvalue weighted by atomic mass is 10.1. The van der Waals surface area contributed by atoms with Crippen molar-refractivity contribution < 1.29 is 17.9 Å². The predicted molar refractivity (Wildman–Crippen MR) is 83.8 cm³/mol. The van der Waals surface area contributed by atoms with E-state index in [1.807, 2.05) is 30.3 Å². The third-order valence-corrected chi connectivity index (χ3v) is 5.75. The minimum Gasteiger partial charge on any atom is -0.367 e. The number of piperazine rings is 1. The van der Waals surface area contributed by atoms with Gasteiger partial charge in [0.15, 0.2) is 6.10 Å². The van der Waals surface area contributed by atoms with Crippen molar-refractivity contribution >= 4 is 15.9 Å². The van der Waals surface area contributed by atoms with Crippen molar-refractivity contribution in [2.75, 3.05) is 39.0 Å². The summed E-state index contributed by atoms with van der Waals surface area (Å²) in [4.78, 5) is 14.3. The summed E-state index contributed by atoms with van der Waals surface area (Å²) in [7, 11) is -1.68.